The van der Waals surface area contributed by atoms with Gasteiger partial charge < -0.3 is 10.6 Å². The smallest absolute Gasteiger partial charge is 0.251 e. The topological polar surface area (TPSA) is 58.2 Å². The summed E-state index contributed by atoms with van der Waals surface area (Å²) in [5.74, 6) is -0.147. The molecule has 4 nitrogen and oxygen atoms in total. The zero-order valence-electron chi connectivity index (χ0n) is 16.2. The van der Waals surface area contributed by atoms with Crippen molar-refractivity contribution in [1.29, 1.82) is 0 Å². The molecule has 0 fully saturated rings. The van der Waals surface area contributed by atoms with E-state index >= 15 is 0 Å². The quantitative estimate of drug-likeness (QED) is 0.652. The first-order valence-corrected chi connectivity index (χ1v) is 9.99. The van der Waals surface area contributed by atoms with E-state index in [1.807, 2.05) is 72.8 Å². The minimum Gasteiger partial charge on any atom is -0.341 e. The van der Waals surface area contributed by atoms with Crippen LogP contribution in [0.4, 0.5) is 5.69 Å². The Labute approximate surface area is 171 Å². The normalized spacial score (nSPS) is 15.9. The Bertz CT molecular complexity index is 986. The highest BCUT2D eigenvalue weighted by molar-refractivity contribution is 5.98. The molecule has 2 N–H and O–H groups in total. The Kier molecular flexibility index (Phi) is 5.71. The lowest BCUT2D eigenvalue weighted by Gasteiger charge is -2.20. The molecular weight excluding hydrogens is 360 g/mol. The fraction of sp³-hybridized carbons (Fsp3) is 0.200. The first kappa shape index (κ1) is 18.9. The zero-order valence-corrected chi connectivity index (χ0v) is 16.2. The van der Waals surface area contributed by atoms with Crippen LogP contribution in [0.1, 0.15) is 41.5 Å². The number of carbonyl (C=O) groups excluding carboxylic acids is 2. The van der Waals surface area contributed by atoms with Crippen LogP contribution in [0, 0.1) is 0 Å². The summed E-state index contributed by atoms with van der Waals surface area (Å²) in [6.07, 6.45) is 2.36. The maximum atomic E-state index is 13.0. The molecule has 2 unspecified atom stereocenters. The molecule has 1 aliphatic rings. The number of anilines is 1. The van der Waals surface area contributed by atoms with Gasteiger partial charge >= 0.3 is 0 Å². The van der Waals surface area contributed by atoms with Crippen LogP contribution in [0.15, 0.2) is 84.9 Å². The number of amides is 2. The number of carbonyl (C=O) groups is 2. The predicted octanol–water partition coefficient (Wildman–Crippen LogP) is 4.60. The maximum Gasteiger partial charge on any atom is 0.251 e. The Morgan fingerprint density at radius 3 is 2.28 bits per heavy atom. The van der Waals surface area contributed by atoms with E-state index in [1.165, 1.54) is 11.1 Å². The summed E-state index contributed by atoms with van der Waals surface area (Å²) in [5.41, 5.74) is 4.05. The van der Waals surface area contributed by atoms with Gasteiger partial charge in [-0.05, 0) is 47.6 Å². The van der Waals surface area contributed by atoms with E-state index in [4.69, 9.17) is 0 Å². The molecule has 0 radical (unpaired) electrons. The molecule has 2 amide bonds. The Morgan fingerprint density at radius 2 is 1.52 bits per heavy atom. The highest BCUT2D eigenvalue weighted by Gasteiger charge is 2.27. The molecule has 4 rings (SSSR count). The van der Waals surface area contributed by atoms with Gasteiger partial charge in [-0.2, -0.15) is 0 Å². The average molecular weight is 384 g/mol. The molecule has 0 bridgehead atoms. The summed E-state index contributed by atoms with van der Waals surface area (Å²) >= 11 is 0. The van der Waals surface area contributed by atoms with Crippen molar-refractivity contribution in [2.45, 2.75) is 31.2 Å². The van der Waals surface area contributed by atoms with Gasteiger partial charge in [-0.3, -0.25) is 9.59 Å². The minimum atomic E-state index is -0.736. The number of aryl methyl sites for hydroxylation is 1. The van der Waals surface area contributed by atoms with Crippen LogP contribution in [0.5, 0.6) is 0 Å². The molecule has 2 atom stereocenters. The van der Waals surface area contributed by atoms with Gasteiger partial charge in [0.1, 0.15) is 6.04 Å². The summed E-state index contributed by atoms with van der Waals surface area (Å²) in [7, 11) is 0. The van der Waals surface area contributed by atoms with Crippen LogP contribution in [0.25, 0.3) is 0 Å². The fourth-order valence-electron chi connectivity index (χ4n) is 3.98. The summed E-state index contributed by atoms with van der Waals surface area (Å²) in [5, 5.41) is 5.86. The number of nitrogens with one attached hydrogen (secondary N) is 2. The van der Waals surface area contributed by atoms with E-state index in [2.05, 4.69) is 22.8 Å². The summed E-state index contributed by atoms with van der Waals surface area (Å²) in [4.78, 5) is 25.8. The van der Waals surface area contributed by atoms with Crippen LogP contribution in [0.2, 0.25) is 0 Å². The molecule has 0 aliphatic heterocycles. The van der Waals surface area contributed by atoms with Gasteiger partial charge in [-0.25, -0.2) is 0 Å². The SMILES string of the molecule is O=C(CC1CCc2ccccc21)NC(C(=O)Nc1ccccc1)c1ccccc1. The van der Waals surface area contributed by atoms with Crippen molar-refractivity contribution in [3.63, 3.8) is 0 Å². The molecule has 146 valence electrons. The summed E-state index contributed by atoms with van der Waals surface area (Å²) in [6, 6.07) is 26.2. The molecular formula is C25H24N2O2. The Hall–Kier alpha value is -3.40. The van der Waals surface area contributed by atoms with Crippen LogP contribution in [0.3, 0.4) is 0 Å². The van der Waals surface area contributed by atoms with Gasteiger partial charge in [0, 0.05) is 12.1 Å². The van der Waals surface area contributed by atoms with E-state index in [9.17, 15) is 9.59 Å². The lowest BCUT2D eigenvalue weighted by atomic mass is 9.97. The second-order valence-electron chi connectivity index (χ2n) is 7.41. The van der Waals surface area contributed by atoms with Gasteiger partial charge in [0.2, 0.25) is 5.91 Å². The second-order valence-corrected chi connectivity index (χ2v) is 7.41. The standard InChI is InChI=1S/C25H24N2O2/c28-23(17-20-16-15-18-9-7-8-14-22(18)20)27-24(19-10-3-1-4-11-19)25(29)26-21-12-5-2-6-13-21/h1-14,20,24H,15-17H2,(H,26,29)(H,27,28). The molecule has 29 heavy (non-hydrogen) atoms. The number of fused-ring (bicyclic) bond motifs is 1. The first-order chi connectivity index (χ1) is 14.2. The Balaban J connectivity index is 1.48. The summed E-state index contributed by atoms with van der Waals surface area (Å²) in [6.45, 7) is 0. The Morgan fingerprint density at radius 1 is 0.862 bits per heavy atom. The largest absolute Gasteiger partial charge is 0.341 e. The monoisotopic (exact) mass is 384 g/mol. The van der Waals surface area contributed by atoms with Crippen molar-refractivity contribution in [3.05, 3.63) is 102 Å². The van der Waals surface area contributed by atoms with Crippen molar-refractivity contribution in [2.75, 3.05) is 5.32 Å². The lowest BCUT2D eigenvalue weighted by molar-refractivity contribution is -0.126. The van der Waals surface area contributed by atoms with Gasteiger partial charge in [-0.15, -0.1) is 0 Å². The predicted molar refractivity (Wildman–Crippen MR) is 115 cm³/mol. The molecule has 1 aliphatic carbocycles. The number of para-hydroxylation sites is 1. The molecule has 0 aromatic heterocycles. The zero-order chi connectivity index (χ0) is 20.1. The van der Waals surface area contributed by atoms with E-state index < -0.39 is 6.04 Å². The van der Waals surface area contributed by atoms with E-state index in [0.29, 0.717) is 12.1 Å². The van der Waals surface area contributed by atoms with Gasteiger partial charge in [0.05, 0.1) is 0 Å². The molecule has 0 saturated carbocycles. The third-order valence-electron chi connectivity index (χ3n) is 5.43. The van der Waals surface area contributed by atoms with Crippen molar-refractivity contribution in [2.24, 2.45) is 0 Å². The first-order valence-electron chi connectivity index (χ1n) is 9.99. The van der Waals surface area contributed by atoms with Crippen molar-refractivity contribution in [1.82, 2.24) is 5.32 Å². The van der Waals surface area contributed by atoms with E-state index in [0.717, 1.165) is 18.4 Å². The van der Waals surface area contributed by atoms with Crippen LogP contribution in [-0.2, 0) is 16.0 Å². The second kappa shape index (κ2) is 8.74. The average Bonchev–Trinajstić information content (AvgIpc) is 3.16. The number of benzene rings is 3. The minimum absolute atomic E-state index is 0.108. The molecule has 0 heterocycles. The van der Waals surface area contributed by atoms with Crippen LogP contribution < -0.4 is 10.6 Å². The number of hydrogen-bond acceptors (Lipinski definition) is 2. The van der Waals surface area contributed by atoms with E-state index in [1.54, 1.807) is 0 Å². The van der Waals surface area contributed by atoms with Gasteiger partial charge in [-0.1, -0.05) is 72.8 Å². The molecule has 3 aromatic carbocycles. The third-order valence-corrected chi connectivity index (χ3v) is 5.43. The number of rotatable bonds is 6. The summed E-state index contributed by atoms with van der Waals surface area (Å²) < 4.78 is 0. The maximum absolute atomic E-state index is 13.0. The fourth-order valence-corrected chi connectivity index (χ4v) is 3.98. The van der Waals surface area contributed by atoms with Crippen LogP contribution in [-0.4, -0.2) is 11.8 Å². The third kappa shape index (κ3) is 4.54. The highest BCUT2D eigenvalue weighted by atomic mass is 16.2. The molecule has 4 heteroatoms. The van der Waals surface area contributed by atoms with Crippen molar-refractivity contribution < 1.29 is 9.59 Å². The molecule has 3 aromatic rings. The highest BCUT2D eigenvalue weighted by Crippen LogP contribution is 2.35. The number of hydrogen-bond donors (Lipinski definition) is 2. The van der Waals surface area contributed by atoms with Gasteiger partial charge in [0.15, 0.2) is 0 Å². The van der Waals surface area contributed by atoms with Crippen molar-refractivity contribution in [3.8, 4) is 0 Å². The van der Waals surface area contributed by atoms with Crippen molar-refractivity contribution >= 4 is 17.5 Å². The van der Waals surface area contributed by atoms with Gasteiger partial charge in [0.25, 0.3) is 5.91 Å². The molecule has 0 spiro atoms. The molecule has 0 saturated heterocycles. The lowest BCUT2D eigenvalue weighted by Crippen LogP contribution is -2.37. The van der Waals surface area contributed by atoms with Crippen LogP contribution >= 0.6 is 0 Å². The van der Waals surface area contributed by atoms with E-state index in [-0.39, 0.29) is 17.7 Å².